The predicted molar refractivity (Wildman–Crippen MR) is 68.4 cm³/mol. The highest BCUT2D eigenvalue weighted by molar-refractivity contribution is 14.1. The summed E-state index contributed by atoms with van der Waals surface area (Å²) in [6.07, 6.45) is 6.46. The summed E-state index contributed by atoms with van der Waals surface area (Å²) in [4.78, 5) is 0. The molecule has 1 saturated heterocycles. The first-order valence-corrected chi connectivity index (χ1v) is 6.23. The number of hydrogen-bond donors (Lipinski definition) is 2. The summed E-state index contributed by atoms with van der Waals surface area (Å²) in [6, 6.07) is 0. The van der Waals surface area contributed by atoms with E-state index in [4.69, 9.17) is 14.9 Å². The summed E-state index contributed by atoms with van der Waals surface area (Å²) in [5.41, 5.74) is 0. The van der Waals surface area contributed by atoms with E-state index >= 15 is 0 Å². The molecule has 0 bridgehead atoms. The van der Waals surface area contributed by atoms with E-state index in [9.17, 15) is 0 Å². The highest BCUT2D eigenvalue weighted by atomic mass is 127. The molecule has 0 aliphatic carbocycles. The standard InChI is InChI=1S/C10H17IN2O2/c11-9(7-12)8-13-4-6-15-10-3-1-2-5-14-10/h7-8,10,12-13H,1-6H2/b9-8+,12-7?. The van der Waals surface area contributed by atoms with Gasteiger partial charge in [-0.15, -0.1) is 0 Å². The monoisotopic (exact) mass is 324 g/mol. The van der Waals surface area contributed by atoms with Crippen molar-refractivity contribution in [1.82, 2.24) is 5.32 Å². The molecule has 0 spiro atoms. The molecule has 0 amide bonds. The van der Waals surface area contributed by atoms with Gasteiger partial charge in [-0.3, -0.25) is 0 Å². The van der Waals surface area contributed by atoms with Crippen molar-refractivity contribution >= 4 is 28.8 Å². The summed E-state index contributed by atoms with van der Waals surface area (Å²) in [7, 11) is 0. The van der Waals surface area contributed by atoms with E-state index in [1.54, 1.807) is 6.20 Å². The van der Waals surface area contributed by atoms with Crippen LogP contribution in [0.25, 0.3) is 0 Å². The molecular weight excluding hydrogens is 307 g/mol. The molecule has 1 aliphatic heterocycles. The Hall–Kier alpha value is -0.140. The van der Waals surface area contributed by atoms with E-state index in [1.807, 2.05) is 0 Å². The van der Waals surface area contributed by atoms with Crippen molar-refractivity contribution in [2.75, 3.05) is 19.8 Å². The fraction of sp³-hybridized carbons (Fsp3) is 0.700. The first-order valence-electron chi connectivity index (χ1n) is 5.15. The smallest absolute Gasteiger partial charge is 0.157 e. The third kappa shape index (κ3) is 6.11. The molecule has 1 unspecified atom stereocenters. The average molecular weight is 324 g/mol. The second kappa shape index (κ2) is 8.06. The van der Waals surface area contributed by atoms with E-state index in [2.05, 4.69) is 27.9 Å². The maximum atomic E-state index is 6.96. The maximum absolute atomic E-state index is 6.96. The Morgan fingerprint density at radius 1 is 1.60 bits per heavy atom. The third-order valence-electron chi connectivity index (χ3n) is 2.07. The van der Waals surface area contributed by atoms with Crippen LogP contribution in [-0.4, -0.2) is 32.3 Å². The van der Waals surface area contributed by atoms with Crippen LogP contribution >= 0.6 is 22.6 Å². The lowest BCUT2D eigenvalue weighted by Gasteiger charge is -2.22. The van der Waals surface area contributed by atoms with Crippen molar-refractivity contribution in [1.29, 1.82) is 5.41 Å². The van der Waals surface area contributed by atoms with Crippen LogP contribution in [0.5, 0.6) is 0 Å². The molecule has 1 atom stereocenters. The maximum Gasteiger partial charge on any atom is 0.157 e. The van der Waals surface area contributed by atoms with E-state index in [1.165, 1.54) is 12.6 Å². The van der Waals surface area contributed by atoms with Gasteiger partial charge in [-0.05, 0) is 41.9 Å². The minimum absolute atomic E-state index is 0.00802. The first-order chi connectivity index (χ1) is 7.33. The lowest BCUT2D eigenvalue weighted by atomic mass is 10.2. The molecule has 1 aliphatic rings. The van der Waals surface area contributed by atoms with Crippen molar-refractivity contribution in [3.63, 3.8) is 0 Å². The van der Waals surface area contributed by atoms with Gasteiger partial charge < -0.3 is 20.2 Å². The summed E-state index contributed by atoms with van der Waals surface area (Å²) in [6.45, 7) is 2.22. The van der Waals surface area contributed by atoms with Gasteiger partial charge in [0, 0.05) is 29.1 Å². The minimum Gasteiger partial charge on any atom is -0.388 e. The molecule has 1 fully saturated rings. The average Bonchev–Trinajstić information content (AvgIpc) is 2.29. The molecule has 86 valence electrons. The second-order valence-corrected chi connectivity index (χ2v) is 4.54. The van der Waals surface area contributed by atoms with Crippen LogP contribution in [-0.2, 0) is 9.47 Å². The zero-order valence-corrected chi connectivity index (χ0v) is 10.8. The topological polar surface area (TPSA) is 54.3 Å². The van der Waals surface area contributed by atoms with Gasteiger partial charge in [0.1, 0.15) is 0 Å². The quantitative estimate of drug-likeness (QED) is 0.447. The zero-order chi connectivity index (χ0) is 10.9. The fourth-order valence-corrected chi connectivity index (χ4v) is 1.52. The van der Waals surface area contributed by atoms with E-state index in [0.29, 0.717) is 6.61 Å². The van der Waals surface area contributed by atoms with Gasteiger partial charge in [-0.2, -0.15) is 0 Å². The van der Waals surface area contributed by atoms with E-state index in [0.717, 1.165) is 29.6 Å². The van der Waals surface area contributed by atoms with Crippen LogP contribution in [0.4, 0.5) is 0 Å². The van der Waals surface area contributed by atoms with Crippen molar-refractivity contribution in [3.8, 4) is 0 Å². The molecule has 0 aromatic carbocycles. The van der Waals surface area contributed by atoms with Gasteiger partial charge >= 0.3 is 0 Å². The van der Waals surface area contributed by atoms with Gasteiger partial charge in [0.2, 0.25) is 0 Å². The molecule has 0 aromatic heterocycles. The summed E-state index contributed by atoms with van der Waals surface area (Å²) < 4.78 is 11.8. The van der Waals surface area contributed by atoms with Gasteiger partial charge in [0.15, 0.2) is 6.29 Å². The van der Waals surface area contributed by atoms with Gasteiger partial charge in [0.25, 0.3) is 0 Å². The molecule has 4 nitrogen and oxygen atoms in total. The Balaban J connectivity index is 1.98. The Morgan fingerprint density at radius 3 is 3.13 bits per heavy atom. The molecule has 1 heterocycles. The summed E-state index contributed by atoms with van der Waals surface area (Å²) in [5, 5.41) is 10.0. The Kier molecular flexibility index (Phi) is 6.95. The normalized spacial score (nSPS) is 22.5. The number of halogens is 1. The van der Waals surface area contributed by atoms with Crippen LogP contribution in [0.1, 0.15) is 19.3 Å². The van der Waals surface area contributed by atoms with Gasteiger partial charge in [-0.1, -0.05) is 0 Å². The van der Waals surface area contributed by atoms with Crippen LogP contribution in [0.15, 0.2) is 9.78 Å². The van der Waals surface area contributed by atoms with Gasteiger partial charge in [-0.25, -0.2) is 0 Å². The number of nitrogens with one attached hydrogen (secondary N) is 2. The molecular formula is C10H17IN2O2. The molecule has 15 heavy (non-hydrogen) atoms. The van der Waals surface area contributed by atoms with Crippen molar-refractivity contribution in [2.45, 2.75) is 25.6 Å². The van der Waals surface area contributed by atoms with Crippen LogP contribution in [0, 0.1) is 5.41 Å². The van der Waals surface area contributed by atoms with E-state index < -0.39 is 0 Å². The number of hydrogen-bond acceptors (Lipinski definition) is 4. The third-order valence-corrected chi connectivity index (χ3v) is 2.69. The number of rotatable bonds is 6. The Bertz CT molecular complexity index is 215. The number of allylic oxidation sites excluding steroid dienone is 1. The molecule has 0 saturated carbocycles. The lowest BCUT2D eigenvalue weighted by Crippen LogP contribution is -2.25. The van der Waals surface area contributed by atoms with Crippen LogP contribution in [0.2, 0.25) is 0 Å². The predicted octanol–water partition coefficient (Wildman–Crippen LogP) is 2.05. The molecule has 2 N–H and O–H groups in total. The highest BCUT2D eigenvalue weighted by Crippen LogP contribution is 2.13. The lowest BCUT2D eigenvalue weighted by molar-refractivity contribution is -0.161. The molecule has 0 radical (unpaired) electrons. The van der Waals surface area contributed by atoms with Gasteiger partial charge in [0.05, 0.1) is 6.61 Å². The zero-order valence-electron chi connectivity index (χ0n) is 8.67. The summed E-state index contributed by atoms with van der Waals surface area (Å²) >= 11 is 2.09. The van der Waals surface area contributed by atoms with Crippen LogP contribution < -0.4 is 5.32 Å². The molecule has 1 rings (SSSR count). The first kappa shape index (κ1) is 12.9. The Labute approximate surface area is 104 Å². The highest BCUT2D eigenvalue weighted by Gasteiger charge is 2.12. The van der Waals surface area contributed by atoms with E-state index in [-0.39, 0.29) is 6.29 Å². The largest absolute Gasteiger partial charge is 0.388 e. The summed E-state index contributed by atoms with van der Waals surface area (Å²) in [5.74, 6) is 0. The second-order valence-electron chi connectivity index (χ2n) is 3.29. The van der Waals surface area contributed by atoms with Crippen molar-refractivity contribution in [2.24, 2.45) is 0 Å². The fourth-order valence-electron chi connectivity index (χ4n) is 1.30. The number of ether oxygens (including phenoxy) is 2. The van der Waals surface area contributed by atoms with Crippen molar-refractivity contribution in [3.05, 3.63) is 9.78 Å². The molecule has 0 aromatic rings. The Morgan fingerprint density at radius 2 is 2.47 bits per heavy atom. The SMILES string of the molecule is N=C/C(I)=C\NCCOC1CCCCO1. The van der Waals surface area contributed by atoms with Crippen LogP contribution in [0.3, 0.4) is 0 Å². The molecule has 5 heteroatoms. The minimum atomic E-state index is -0.00802. The van der Waals surface area contributed by atoms with Crippen molar-refractivity contribution < 1.29 is 9.47 Å².